The quantitative estimate of drug-likeness (QED) is 0.370. The first-order chi connectivity index (χ1) is 17.1. The fourth-order valence-corrected chi connectivity index (χ4v) is 4.67. The maximum Gasteiger partial charge on any atom is 0.251 e. The Hall–Kier alpha value is -4.44. The van der Waals surface area contributed by atoms with Gasteiger partial charge in [-0.1, -0.05) is 12.1 Å². The molecule has 1 aromatic carbocycles. The number of benzene rings is 1. The van der Waals surface area contributed by atoms with Crippen LogP contribution in [0.1, 0.15) is 15.4 Å². The minimum absolute atomic E-state index is 0.216. The van der Waals surface area contributed by atoms with Gasteiger partial charge in [0.05, 0.1) is 36.3 Å². The number of rotatable bonds is 5. The van der Waals surface area contributed by atoms with Crippen molar-refractivity contribution in [2.24, 2.45) is 7.05 Å². The van der Waals surface area contributed by atoms with Crippen LogP contribution in [0.15, 0.2) is 66.7 Å². The van der Waals surface area contributed by atoms with Crippen LogP contribution >= 0.6 is 11.3 Å². The molecular weight excluding hydrogens is 465 g/mol. The largest absolute Gasteiger partial charge is 0.346 e. The van der Waals surface area contributed by atoms with Crippen LogP contribution in [-0.4, -0.2) is 35.6 Å². The van der Waals surface area contributed by atoms with E-state index in [0.717, 1.165) is 27.2 Å². The Bertz CT molecular complexity index is 1690. The number of carbonyl (C=O) groups is 1. The van der Waals surface area contributed by atoms with Crippen molar-refractivity contribution in [1.29, 1.82) is 0 Å². The fraction of sp³-hybridized carbons (Fsp3) is 0.0800. The zero-order valence-electron chi connectivity index (χ0n) is 18.5. The van der Waals surface area contributed by atoms with E-state index in [2.05, 4.69) is 30.4 Å². The lowest BCUT2D eigenvalue weighted by Gasteiger charge is -2.08. The first-order valence-electron chi connectivity index (χ1n) is 10.8. The molecular formula is C25H18FN7OS. The monoisotopic (exact) mass is 483 g/mol. The molecule has 172 valence electrons. The zero-order chi connectivity index (χ0) is 23.9. The molecule has 0 radical (unpaired) electrons. The van der Waals surface area contributed by atoms with Crippen molar-refractivity contribution >= 4 is 39.2 Å². The lowest BCUT2D eigenvalue weighted by molar-refractivity contribution is 0.0951. The summed E-state index contributed by atoms with van der Waals surface area (Å²) in [6.07, 6.45) is 8.24. The molecule has 10 heteroatoms. The number of aryl methyl sites for hydroxylation is 1. The minimum Gasteiger partial charge on any atom is -0.346 e. The first-order valence-corrected chi connectivity index (χ1v) is 11.7. The third-order valence-corrected chi connectivity index (χ3v) is 6.56. The SMILES string of the molecule is Cn1cc(-c2cc3c(cn2)[nH]c2ncc(F)c(-c4ccc(C(=O)NCc5nccs5)cc4)c23)cn1. The van der Waals surface area contributed by atoms with Crippen LogP contribution in [0.2, 0.25) is 0 Å². The van der Waals surface area contributed by atoms with Gasteiger partial charge in [0, 0.05) is 52.3 Å². The van der Waals surface area contributed by atoms with Crippen LogP contribution in [-0.2, 0) is 13.6 Å². The van der Waals surface area contributed by atoms with E-state index in [9.17, 15) is 4.79 Å². The summed E-state index contributed by atoms with van der Waals surface area (Å²) in [4.78, 5) is 28.7. The number of nitrogens with one attached hydrogen (secondary N) is 2. The molecule has 5 aromatic heterocycles. The second-order valence-corrected chi connectivity index (χ2v) is 9.01. The summed E-state index contributed by atoms with van der Waals surface area (Å²) < 4.78 is 16.9. The number of halogens is 1. The maximum atomic E-state index is 15.2. The average Bonchev–Trinajstić information content (AvgIpc) is 3.62. The van der Waals surface area contributed by atoms with E-state index in [0.29, 0.717) is 34.3 Å². The van der Waals surface area contributed by atoms with Crippen LogP contribution in [0.3, 0.4) is 0 Å². The number of nitrogens with zero attached hydrogens (tertiary/aromatic N) is 5. The van der Waals surface area contributed by atoms with Gasteiger partial charge in [0.1, 0.15) is 16.5 Å². The molecule has 1 amide bonds. The van der Waals surface area contributed by atoms with Crippen molar-refractivity contribution in [3.8, 4) is 22.4 Å². The molecule has 0 aliphatic rings. The van der Waals surface area contributed by atoms with Gasteiger partial charge in [0.15, 0.2) is 0 Å². The van der Waals surface area contributed by atoms with Crippen molar-refractivity contribution in [3.05, 3.63) is 83.1 Å². The average molecular weight is 484 g/mol. The summed E-state index contributed by atoms with van der Waals surface area (Å²) in [7, 11) is 1.84. The maximum absolute atomic E-state index is 15.2. The highest BCUT2D eigenvalue weighted by Gasteiger charge is 2.18. The highest BCUT2D eigenvalue weighted by Crippen LogP contribution is 2.36. The van der Waals surface area contributed by atoms with Crippen LogP contribution in [0.4, 0.5) is 4.39 Å². The summed E-state index contributed by atoms with van der Waals surface area (Å²) in [5, 5.41) is 11.2. The number of thiazole rings is 1. The van der Waals surface area contributed by atoms with Gasteiger partial charge in [-0.3, -0.25) is 14.5 Å². The molecule has 0 aliphatic heterocycles. The van der Waals surface area contributed by atoms with Gasteiger partial charge in [-0.05, 0) is 23.8 Å². The molecule has 0 aliphatic carbocycles. The molecule has 0 unspecified atom stereocenters. The molecule has 0 saturated heterocycles. The molecule has 5 heterocycles. The van der Waals surface area contributed by atoms with Gasteiger partial charge in [0.2, 0.25) is 0 Å². The smallest absolute Gasteiger partial charge is 0.251 e. The second kappa shape index (κ2) is 8.41. The summed E-state index contributed by atoms with van der Waals surface area (Å²) >= 11 is 1.48. The third kappa shape index (κ3) is 3.83. The van der Waals surface area contributed by atoms with E-state index >= 15 is 4.39 Å². The number of pyridine rings is 2. The molecule has 2 N–H and O–H groups in total. The Labute approximate surface area is 202 Å². The van der Waals surface area contributed by atoms with E-state index in [1.54, 1.807) is 47.5 Å². The molecule has 35 heavy (non-hydrogen) atoms. The molecule has 8 nitrogen and oxygen atoms in total. The lowest BCUT2D eigenvalue weighted by atomic mass is 9.99. The molecule has 0 bridgehead atoms. The number of fused-ring (bicyclic) bond motifs is 3. The number of H-pyrrole nitrogens is 1. The Balaban J connectivity index is 1.40. The lowest BCUT2D eigenvalue weighted by Crippen LogP contribution is -2.22. The van der Waals surface area contributed by atoms with Crippen molar-refractivity contribution < 1.29 is 9.18 Å². The van der Waals surface area contributed by atoms with Crippen molar-refractivity contribution in [2.45, 2.75) is 6.54 Å². The number of amides is 1. The van der Waals surface area contributed by atoms with Crippen LogP contribution in [0.5, 0.6) is 0 Å². The molecule has 6 rings (SSSR count). The van der Waals surface area contributed by atoms with E-state index < -0.39 is 5.82 Å². The Kier molecular flexibility index (Phi) is 5.07. The number of carbonyl (C=O) groups excluding carboxylic acids is 1. The summed E-state index contributed by atoms with van der Waals surface area (Å²) in [5.74, 6) is -0.662. The first kappa shape index (κ1) is 21.1. The van der Waals surface area contributed by atoms with E-state index in [1.807, 2.05) is 24.7 Å². The standard InChI is InChI=1S/C25H18FN7OS/c1-33-13-16(9-31-33)19-8-17-20(11-28-19)32-24-23(17)22(18(26)10-29-24)14-2-4-15(5-3-14)25(34)30-12-21-27-6-7-35-21/h2-11,13H,12H2,1H3,(H,29,32)(H,30,34). The summed E-state index contributed by atoms with van der Waals surface area (Å²) in [6.45, 7) is 0.362. The Morgan fingerprint density at radius 2 is 1.97 bits per heavy atom. The number of hydrogen-bond acceptors (Lipinski definition) is 6. The summed E-state index contributed by atoms with van der Waals surface area (Å²) in [6, 6.07) is 8.79. The highest BCUT2D eigenvalue weighted by atomic mass is 32.1. The highest BCUT2D eigenvalue weighted by molar-refractivity contribution is 7.09. The minimum atomic E-state index is -0.445. The fourth-order valence-electron chi connectivity index (χ4n) is 4.11. The number of hydrogen-bond donors (Lipinski definition) is 2. The van der Waals surface area contributed by atoms with Gasteiger partial charge in [-0.2, -0.15) is 5.10 Å². The second-order valence-electron chi connectivity index (χ2n) is 8.03. The summed E-state index contributed by atoms with van der Waals surface area (Å²) in [5.41, 5.74) is 4.46. The van der Waals surface area contributed by atoms with Gasteiger partial charge >= 0.3 is 0 Å². The molecule has 0 spiro atoms. The van der Waals surface area contributed by atoms with E-state index in [4.69, 9.17) is 0 Å². The number of aromatic amines is 1. The van der Waals surface area contributed by atoms with Crippen LogP contribution < -0.4 is 5.32 Å². The molecule has 0 atom stereocenters. The van der Waals surface area contributed by atoms with Gasteiger partial charge in [-0.15, -0.1) is 11.3 Å². The third-order valence-electron chi connectivity index (χ3n) is 5.78. The van der Waals surface area contributed by atoms with Crippen molar-refractivity contribution in [3.63, 3.8) is 0 Å². The predicted molar refractivity (Wildman–Crippen MR) is 132 cm³/mol. The Morgan fingerprint density at radius 3 is 2.71 bits per heavy atom. The predicted octanol–water partition coefficient (Wildman–Crippen LogP) is 4.70. The zero-order valence-corrected chi connectivity index (χ0v) is 19.3. The van der Waals surface area contributed by atoms with Crippen LogP contribution in [0.25, 0.3) is 44.3 Å². The van der Waals surface area contributed by atoms with Gasteiger partial charge in [-0.25, -0.2) is 14.4 Å². The van der Waals surface area contributed by atoms with Gasteiger partial charge < -0.3 is 10.3 Å². The van der Waals surface area contributed by atoms with Crippen molar-refractivity contribution in [1.82, 2.24) is 35.0 Å². The molecule has 0 fully saturated rings. The van der Waals surface area contributed by atoms with E-state index in [-0.39, 0.29) is 5.91 Å². The normalized spacial score (nSPS) is 11.4. The molecule has 0 saturated carbocycles. The molecule has 6 aromatic rings. The number of aromatic nitrogens is 6. The van der Waals surface area contributed by atoms with E-state index in [1.165, 1.54) is 17.5 Å². The Morgan fingerprint density at radius 1 is 1.11 bits per heavy atom. The van der Waals surface area contributed by atoms with Crippen LogP contribution in [0, 0.1) is 5.82 Å². The van der Waals surface area contributed by atoms with Crippen molar-refractivity contribution in [2.75, 3.05) is 0 Å². The topological polar surface area (TPSA) is 101 Å². The van der Waals surface area contributed by atoms with Gasteiger partial charge in [0.25, 0.3) is 5.91 Å².